The van der Waals surface area contributed by atoms with Crippen molar-refractivity contribution in [3.63, 3.8) is 0 Å². The van der Waals surface area contributed by atoms with E-state index in [-0.39, 0.29) is 24.6 Å². The maximum Gasteiger partial charge on any atom is 0.305 e. The first-order chi connectivity index (χ1) is 16.8. The number of benzene rings is 2. The molecular weight excluding hydrogens is 453 g/mol. The third-order valence-corrected chi connectivity index (χ3v) is 5.67. The standard InChI is InChI=1S/C26H30FN3O5/c1-2-30-22(13-12-20(31)14-21(32)15-23(33)34)24(18-8-10-19(27)11-9-18)29-25(30)26(35)28-16-17-6-4-3-5-7-17/h3-11,20-21,31-32H,2,12-16H2,1H3,(H,28,35)(H,33,34)/t20-,21-/m1/s1. The quantitative estimate of drug-likeness (QED) is 0.314. The molecule has 0 fully saturated rings. The van der Waals surface area contributed by atoms with Crippen LogP contribution in [0.2, 0.25) is 0 Å². The van der Waals surface area contributed by atoms with Crippen molar-refractivity contribution < 1.29 is 29.3 Å². The van der Waals surface area contributed by atoms with E-state index in [9.17, 15) is 24.2 Å². The van der Waals surface area contributed by atoms with Crippen molar-refractivity contribution in [3.05, 3.63) is 77.5 Å². The Labute approximate surface area is 203 Å². The Hall–Kier alpha value is -3.56. The van der Waals surface area contributed by atoms with Crippen LogP contribution in [0.1, 0.15) is 48.1 Å². The largest absolute Gasteiger partial charge is 0.481 e. The van der Waals surface area contributed by atoms with Crippen LogP contribution in [-0.4, -0.2) is 49.0 Å². The summed E-state index contributed by atoms with van der Waals surface area (Å²) in [5, 5.41) is 31.9. The zero-order valence-corrected chi connectivity index (χ0v) is 19.5. The van der Waals surface area contributed by atoms with E-state index < -0.39 is 30.4 Å². The average Bonchev–Trinajstić information content (AvgIpc) is 3.20. The molecule has 0 spiro atoms. The number of hydrogen-bond acceptors (Lipinski definition) is 5. The van der Waals surface area contributed by atoms with Crippen LogP contribution < -0.4 is 5.32 Å². The number of aliphatic carboxylic acids is 1. The summed E-state index contributed by atoms with van der Waals surface area (Å²) in [6, 6.07) is 15.3. The van der Waals surface area contributed by atoms with Crippen molar-refractivity contribution in [1.82, 2.24) is 14.9 Å². The fourth-order valence-corrected chi connectivity index (χ4v) is 3.97. The topological polar surface area (TPSA) is 125 Å². The number of nitrogens with one attached hydrogen (secondary N) is 1. The van der Waals surface area contributed by atoms with Gasteiger partial charge in [0.1, 0.15) is 5.82 Å². The van der Waals surface area contributed by atoms with Gasteiger partial charge in [0.05, 0.1) is 24.3 Å². The molecule has 8 nitrogen and oxygen atoms in total. The number of carbonyl (C=O) groups is 2. The highest BCUT2D eigenvalue weighted by Crippen LogP contribution is 2.27. The smallest absolute Gasteiger partial charge is 0.305 e. The van der Waals surface area contributed by atoms with Crippen LogP contribution >= 0.6 is 0 Å². The molecule has 186 valence electrons. The third kappa shape index (κ3) is 7.21. The first-order valence-corrected chi connectivity index (χ1v) is 11.5. The van der Waals surface area contributed by atoms with E-state index in [2.05, 4.69) is 10.3 Å². The lowest BCUT2D eigenvalue weighted by Gasteiger charge is -2.16. The first-order valence-electron chi connectivity index (χ1n) is 11.5. The second-order valence-electron chi connectivity index (χ2n) is 8.33. The zero-order chi connectivity index (χ0) is 25.4. The van der Waals surface area contributed by atoms with Crippen molar-refractivity contribution in [2.45, 2.75) is 57.9 Å². The van der Waals surface area contributed by atoms with Gasteiger partial charge in [-0.3, -0.25) is 9.59 Å². The Kier molecular flexibility index (Phi) is 9.11. The Bertz CT molecular complexity index is 1130. The van der Waals surface area contributed by atoms with Gasteiger partial charge in [0.25, 0.3) is 5.91 Å². The highest BCUT2D eigenvalue weighted by atomic mass is 19.1. The van der Waals surface area contributed by atoms with E-state index in [0.29, 0.717) is 36.5 Å². The first kappa shape index (κ1) is 26.1. The number of hydrogen-bond donors (Lipinski definition) is 4. The molecule has 0 bridgehead atoms. The van der Waals surface area contributed by atoms with Gasteiger partial charge in [0.15, 0.2) is 5.82 Å². The predicted octanol–water partition coefficient (Wildman–Crippen LogP) is 3.16. The van der Waals surface area contributed by atoms with E-state index in [1.165, 1.54) is 12.1 Å². The predicted molar refractivity (Wildman–Crippen MR) is 128 cm³/mol. The van der Waals surface area contributed by atoms with Gasteiger partial charge in [0, 0.05) is 24.3 Å². The van der Waals surface area contributed by atoms with Crippen LogP contribution in [0, 0.1) is 5.82 Å². The lowest BCUT2D eigenvalue weighted by Crippen LogP contribution is -2.26. The fraction of sp³-hybridized carbons (Fsp3) is 0.346. The van der Waals surface area contributed by atoms with Crippen LogP contribution in [0.3, 0.4) is 0 Å². The summed E-state index contributed by atoms with van der Waals surface area (Å²) in [6.07, 6.45) is -2.09. The minimum atomic E-state index is -1.16. The van der Waals surface area contributed by atoms with Crippen LogP contribution in [-0.2, 0) is 24.3 Å². The second-order valence-corrected chi connectivity index (χ2v) is 8.33. The molecule has 2 aromatic carbocycles. The van der Waals surface area contributed by atoms with E-state index >= 15 is 0 Å². The number of aliphatic hydroxyl groups excluding tert-OH is 2. The normalized spacial score (nSPS) is 12.8. The van der Waals surface area contributed by atoms with Crippen LogP contribution in [0.25, 0.3) is 11.3 Å². The molecule has 3 aromatic rings. The number of imidazole rings is 1. The van der Waals surface area contributed by atoms with Gasteiger partial charge in [-0.2, -0.15) is 0 Å². The molecule has 0 radical (unpaired) electrons. The lowest BCUT2D eigenvalue weighted by atomic mass is 10.0. The van der Waals surface area contributed by atoms with E-state index in [4.69, 9.17) is 5.11 Å². The third-order valence-electron chi connectivity index (χ3n) is 5.67. The minimum absolute atomic E-state index is 0.0805. The SMILES string of the molecule is CCn1c(C(=O)NCc2ccccc2)nc(-c2ccc(F)cc2)c1CC[C@@H](O)C[C@@H](O)CC(=O)O. The van der Waals surface area contributed by atoms with Gasteiger partial charge in [-0.05, 0) is 56.0 Å². The average molecular weight is 484 g/mol. The summed E-state index contributed by atoms with van der Waals surface area (Å²) in [5.74, 6) is -1.69. The van der Waals surface area contributed by atoms with E-state index in [0.717, 1.165) is 5.56 Å². The molecule has 4 N–H and O–H groups in total. The number of amides is 1. The minimum Gasteiger partial charge on any atom is -0.481 e. The monoisotopic (exact) mass is 483 g/mol. The summed E-state index contributed by atoms with van der Waals surface area (Å²) in [6.45, 7) is 2.65. The number of carbonyl (C=O) groups excluding carboxylic acids is 1. The van der Waals surface area contributed by atoms with Crippen molar-refractivity contribution in [3.8, 4) is 11.3 Å². The van der Waals surface area contributed by atoms with Crippen LogP contribution in [0.5, 0.6) is 0 Å². The number of rotatable bonds is 12. The van der Waals surface area contributed by atoms with Crippen LogP contribution in [0.4, 0.5) is 4.39 Å². The van der Waals surface area contributed by atoms with Crippen molar-refractivity contribution in [2.24, 2.45) is 0 Å². The summed E-state index contributed by atoms with van der Waals surface area (Å²) in [5.41, 5.74) is 2.77. The number of halogens is 1. The van der Waals surface area contributed by atoms with Crippen molar-refractivity contribution in [1.29, 1.82) is 0 Å². The Morgan fingerprint density at radius 2 is 1.74 bits per heavy atom. The van der Waals surface area contributed by atoms with Gasteiger partial charge in [-0.1, -0.05) is 30.3 Å². The Morgan fingerprint density at radius 3 is 2.37 bits per heavy atom. The summed E-state index contributed by atoms with van der Waals surface area (Å²) >= 11 is 0. The molecule has 3 rings (SSSR count). The molecule has 1 amide bonds. The Balaban J connectivity index is 1.85. The summed E-state index contributed by atoms with van der Waals surface area (Å²) in [4.78, 5) is 28.4. The van der Waals surface area contributed by atoms with E-state index in [1.54, 1.807) is 16.7 Å². The molecule has 0 saturated carbocycles. The number of aromatic nitrogens is 2. The molecule has 35 heavy (non-hydrogen) atoms. The molecule has 0 aliphatic rings. The molecule has 0 aliphatic heterocycles. The molecule has 0 aliphatic carbocycles. The molecule has 0 saturated heterocycles. The van der Waals surface area contributed by atoms with Gasteiger partial charge < -0.3 is 25.2 Å². The number of aliphatic hydroxyl groups is 2. The van der Waals surface area contributed by atoms with Gasteiger partial charge >= 0.3 is 5.97 Å². The number of carboxylic acid groups (broad SMARTS) is 1. The van der Waals surface area contributed by atoms with Gasteiger partial charge in [-0.15, -0.1) is 0 Å². The van der Waals surface area contributed by atoms with Gasteiger partial charge in [0.2, 0.25) is 0 Å². The number of carboxylic acids is 1. The second kappa shape index (κ2) is 12.2. The summed E-state index contributed by atoms with van der Waals surface area (Å²) < 4.78 is 15.3. The van der Waals surface area contributed by atoms with Crippen molar-refractivity contribution in [2.75, 3.05) is 0 Å². The van der Waals surface area contributed by atoms with Crippen molar-refractivity contribution >= 4 is 11.9 Å². The fourth-order valence-electron chi connectivity index (χ4n) is 3.97. The maximum absolute atomic E-state index is 13.5. The maximum atomic E-state index is 13.5. The summed E-state index contributed by atoms with van der Waals surface area (Å²) in [7, 11) is 0. The Morgan fingerprint density at radius 1 is 1.06 bits per heavy atom. The van der Waals surface area contributed by atoms with Gasteiger partial charge in [-0.25, -0.2) is 9.37 Å². The molecule has 1 aromatic heterocycles. The van der Waals surface area contributed by atoms with Crippen LogP contribution in [0.15, 0.2) is 54.6 Å². The molecule has 2 atom stereocenters. The lowest BCUT2D eigenvalue weighted by molar-refractivity contribution is -0.139. The zero-order valence-electron chi connectivity index (χ0n) is 19.5. The molecule has 0 unspecified atom stereocenters. The highest BCUT2D eigenvalue weighted by Gasteiger charge is 2.23. The highest BCUT2D eigenvalue weighted by molar-refractivity contribution is 5.92. The molecule has 9 heteroatoms. The van der Waals surface area contributed by atoms with E-state index in [1.807, 2.05) is 37.3 Å². The molecular formula is C26H30FN3O5. The number of nitrogens with zero attached hydrogens (tertiary/aromatic N) is 2. The molecule has 1 heterocycles.